The summed E-state index contributed by atoms with van der Waals surface area (Å²) in [6.45, 7) is 1.55. The molecule has 1 aromatic heterocycles. The lowest BCUT2D eigenvalue weighted by atomic mass is 10.1. The molecule has 0 aliphatic heterocycles. The lowest BCUT2D eigenvalue weighted by molar-refractivity contribution is -0.114. The number of carbonyl (C=O) groups excluding carboxylic acids is 2. The third-order valence-electron chi connectivity index (χ3n) is 3.72. The van der Waals surface area contributed by atoms with Crippen molar-refractivity contribution in [2.75, 3.05) is 18.2 Å². The number of benzene rings is 2. The summed E-state index contributed by atoms with van der Waals surface area (Å²) in [5.41, 5.74) is 1.18. The fourth-order valence-corrected chi connectivity index (χ4v) is 3.00. The highest BCUT2D eigenvalue weighted by molar-refractivity contribution is 7.99. The first kappa shape index (κ1) is 20.4. The first-order valence-electron chi connectivity index (χ1n) is 8.66. The number of nitrogens with zero attached hydrogens (tertiary/aromatic N) is 2. The number of carbonyl (C=O) groups is 2. The van der Waals surface area contributed by atoms with E-state index >= 15 is 0 Å². The van der Waals surface area contributed by atoms with Crippen molar-refractivity contribution in [1.82, 2.24) is 10.2 Å². The maximum Gasteiger partial charge on any atom is 0.277 e. The lowest BCUT2D eigenvalue weighted by Crippen LogP contribution is -2.07. The van der Waals surface area contributed by atoms with Crippen LogP contribution in [0.1, 0.15) is 23.2 Å². The highest BCUT2D eigenvalue weighted by Gasteiger charge is 2.12. The molecule has 1 heterocycles. The zero-order valence-electron chi connectivity index (χ0n) is 15.9. The summed E-state index contributed by atoms with van der Waals surface area (Å²) in [5.74, 6) is 1.61. The number of methoxy groups -OCH3 is 1. The van der Waals surface area contributed by atoms with Crippen molar-refractivity contribution in [2.45, 2.75) is 18.8 Å². The second-order valence-electron chi connectivity index (χ2n) is 5.90. The number of rotatable bonds is 9. The van der Waals surface area contributed by atoms with Crippen LogP contribution in [0.4, 0.5) is 5.69 Å². The summed E-state index contributed by atoms with van der Waals surface area (Å²) in [5, 5.41) is 10.8. The quantitative estimate of drug-likeness (QED) is 0.419. The van der Waals surface area contributed by atoms with Gasteiger partial charge in [-0.15, -0.1) is 10.2 Å². The molecule has 3 aromatic rings. The highest BCUT2D eigenvalue weighted by Crippen LogP contribution is 2.21. The molecule has 0 unspecified atom stereocenters. The van der Waals surface area contributed by atoms with Crippen molar-refractivity contribution < 1.29 is 23.5 Å². The average Bonchev–Trinajstić information content (AvgIpc) is 3.19. The van der Waals surface area contributed by atoms with Gasteiger partial charge in [0.1, 0.15) is 11.5 Å². The molecule has 29 heavy (non-hydrogen) atoms. The fourth-order valence-electron chi connectivity index (χ4n) is 2.33. The van der Waals surface area contributed by atoms with Gasteiger partial charge in [0.15, 0.2) is 12.4 Å². The van der Waals surface area contributed by atoms with Gasteiger partial charge in [0, 0.05) is 18.2 Å². The fraction of sp³-hybridized carbons (Fsp3) is 0.200. The second kappa shape index (κ2) is 9.74. The summed E-state index contributed by atoms with van der Waals surface area (Å²) in [7, 11) is 1.60. The van der Waals surface area contributed by atoms with E-state index in [-0.39, 0.29) is 24.1 Å². The van der Waals surface area contributed by atoms with Crippen LogP contribution >= 0.6 is 11.8 Å². The van der Waals surface area contributed by atoms with E-state index in [0.29, 0.717) is 28.1 Å². The minimum atomic E-state index is -0.164. The van der Waals surface area contributed by atoms with Gasteiger partial charge in [-0.2, -0.15) is 0 Å². The number of Topliss-reactive ketones (excluding diaryl/α,β-unsaturated/α-hetero) is 1. The SMILES string of the molecule is COc1ccc(OCc2nnc(SCC(=O)c3ccc(NC(C)=O)cc3)o2)cc1. The average molecular weight is 413 g/mol. The Kier molecular flexibility index (Phi) is 6.85. The Morgan fingerprint density at radius 1 is 1.03 bits per heavy atom. The molecule has 3 rings (SSSR count). The minimum Gasteiger partial charge on any atom is -0.497 e. The summed E-state index contributed by atoms with van der Waals surface area (Å²) in [6, 6.07) is 13.8. The van der Waals surface area contributed by atoms with E-state index in [4.69, 9.17) is 13.9 Å². The molecule has 8 nitrogen and oxygen atoms in total. The molecule has 1 amide bonds. The maximum atomic E-state index is 12.3. The van der Waals surface area contributed by atoms with Crippen LogP contribution in [0.25, 0.3) is 0 Å². The summed E-state index contributed by atoms with van der Waals surface area (Å²) >= 11 is 1.15. The van der Waals surface area contributed by atoms with Crippen LogP contribution in [0, 0.1) is 0 Å². The van der Waals surface area contributed by atoms with Crippen molar-refractivity contribution in [2.24, 2.45) is 0 Å². The van der Waals surface area contributed by atoms with Crippen LogP contribution in [0.3, 0.4) is 0 Å². The number of anilines is 1. The van der Waals surface area contributed by atoms with Crippen molar-refractivity contribution in [3.8, 4) is 11.5 Å². The van der Waals surface area contributed by atoms with Crippen LogP contribution in [-0.2, 0) is 11.4 Å². The molecule has 2 aromatic carbocycles. The normalized spacial score (nSPS) is 10.4. The maximum absolute atomic E-state index is 12.3. The van der Waals surface area contributed by atoms with E-state index in [1.54, 1.807) is 55.6 Å². The highest BCUT2D eigenvalue weighted by atomic mass is 32.2. The molecule has 0 radical (unpaired) electrons. The van der Waals surface area contributed by atoms with Gasteiger partial charge in [-0.1, -0.05) is 11.8 Å². The first-order chi connectivity index (χ1) is 14.0. The summed E-state index contributed by atoms with van der Waals surface area (Å²) < 4.78 is 16.2. The number of thioether (sulfide) groups is 1. The molecule has 0 bridgehead atoms. The molecular weight excluding hydrogens is 394 g/mol. The minimum absolute atomic E-state index is 0.0846. The monoisotopic (exact) mass is 413 g/mol. The van der Waals surface area contributed by atoms with E-state index in [0.717, 1.165) is 17.5 Å². The first-order valence-corrected chi connectivity index (χ1v) is 9.65. The van der Waals surface area contributed by atoms with Crippen molar-refractivity contribution >= 4 is 29.1 Å². The zero-order valence-corrected chi connectivity index (χ0v) is 16.7. The van der Waals surface area contributed by atoms with E-state index in [1.165, 1.54) is 6.92 Å². The largest absolute Gasteiger partial charge is 0.497 e. The van der Waals surface area contributed by atoms with E-state index in [2.05, 4.69) is 15.5 Å². The number of aromatic nitrogens is 2. The van der Waals surface area contributed by atoms with Crippen LogP contribution < -0.4 is 14.8 Å². The van der Waals surface area contributed by atoms with Crippen molar-refractivity contribution in [3.63, 3.8) is 0 Å². The molecule has 0 saturated heterocycles. The molecule has 0 fully saturated rings. The number of amides is 1. The standard InChI is InChI=1S/C20H19N3O5S/c1-13(24)21-15-5-3-14(4-6-15)18(25)12-29-20-23-22-19(28-20)11-27-17-9-7-16(26-2)8-10-17/h3-10H,11-12H2,1-2H3,(H,21,24). The van der Waals surface area contributed by atoms with Crippen LogP contribution in [0.5, 0.6) is 11.5 Å². The molecule has 9 heteroatoms. The van der Waals surface area contributed by atoms with Gasteiger partial charge >= 0.3 is 0 Å². The van der Waals surface area contributed by atoms with Gasteiger partial charge in [0.25, 0.3) is 11.1 Å². The second-order valence-corrected chi connectivity index (χ2v) is 6.82. The van der Waals surface area contributed by atoms with E-state index in [1.807, 2.05) is 0 Å². The topological polar surface area (TPSA) is 104 Å². The molecular formula is C20H19N3O5S. The summed E-state index contributed by atoms with van der Waals surface area (Å²) in [6.07, 6.45) is 0. The zero-order chi connectivity index (χ0) is 20.6. The van der Waals surface area contributed by atoms with Gasteiger partial charge in [-0.05, 0) is 48.5 Å². The lowest BCUT2D eigenvalue weighted by Gasteiger charge is -2.04. The molecule has 0 spiro atoms. The molecule has 0 aliphatic rings. The number of hydrogen-bond donors (Lipinski definition) is 1. The smallest absolute Gasteiger partial charge is 0.277 e. The Balaban J connectivity index is 1.48. The predicted molar refractivity (Wildman–Crippen MR) is 107 cm³/mol. The van der Waals surface area contributed by atoms with Crippen LogP contribution in [0.2, 0.25) is 0 Å². The molecule has 1 N–H and O–H groups in total. The molecule has 0 aliphatic carbocycles. The number of ketones is 1. The Hall–Kier alpha value is -3.33. The van der Waals surface area contributed by atoms with E-state index in [9.17, 15) is 9.59 Å². The Morgan fingerprint density at radius 2 is 1.72 bits per heavy atom. The Morgan fingerprint density at radius 3 is 2.38 bits per heavy atom. The van der Waals surface area contributed by atoms with Gasteiger partial charge in [-0.3, -0.25) is 9.59 Å². The Labute approximate surface area is 171 Å². The van der Waals surface area contributed by atoms with Gasteiger partial charge < -0.3 is 19.2 Å². The van der Waals surface area contributed by atoms with Gasteiger partial charge in [-0.25, -0.2) is 0 Å². The van der Waals surface area contributed by atoms with Gasteiger partial charge in [0.05, 0.1) is 12.9 Å². The van der Waals surface area contributed by atoms with Crippen LogP contribution in [-0.4, -0.2) is 34.8 Å². The third-order valence-corrected chi connectivity index (χ3v) is 4.54. The van der Waals surface area contributed by atoms with E-state index < -0.39 is 0 Å². The molecule has 0 atom stereocenters. The number of hydrogen-bond acceptors (Lipinski definition) is 8. The molecule has 150 valence electrons. The molecule has 0 saturated carbocycles. The van der Waals surface area contributed by atoms with Crippen LogP contribution in [0.15, 0.2) is 58.2 Å². The van der Waals surface area contributed by atoms with Crippen molar-refractivity contribution in [3.05, 3.63) is 60.0 Å². The predicted octanol–water partition coefficient (Wildman–Crippen LogP) is 3.59. The van der Waals surface area contributed by atoms with Gasteiger partial charge in [0.2, 0.25) is 5.91 Å². The number of ether oxygens (including phenoxy) is 2. The van der Waals surface area contributed by atoms with Crippen molar-refractivity contribution in [1.29, 1.82) is 0 Å². The Bertz CT molecular complexity index is 971. The third kappa shape index (κ3) is 6.08. The summed E-state index contributed by atoms with van der Waals surface area (Å²) in [4.78, 5) is 23.3. The number of nitrogens with one attached hydrogen (secondary N) is 1.